The van der Waals surface area contributed by atoms with Crippen molar-refractivity contribution in [3.8, 4) is 6.01 Å². The van der Waals surface area contributed by atoms with Crippen LogP contribution in [-0.2, 0) is 14.4 Å². The van der Waals surface area contributed by atoms with Gasteiger partial charge in [-0.25, -0.2) is 4.79 Å². The summed E-state index contributed by atoms with van der Waals surface area (Å²) in [4.78, 5) is 35.9. The van der Waals surface area contributed by atoms with Crippen molar-refractivity contribution in [2.45, 2.75) is 30.7 Å². The second-order valence-corrected chi connectivity index (χ2v) is 4.28. The number of hydrogen-bond donors (Lipinski definition) is 5. The third kappa shape index (κ3) is 3.20. The van der Waals surface area contributed by atoms with E-state index in [9.17, 15) is 29.3 Å². The maximum atomic E-state index is 12.7. The lowest BCUT2D eigenvalue weighted by molar-refractivity contribution is -0.383. The molecule has 0 unspecified atom stereocenters. The highest BCUT2D eigenvalue weighted by atomic mass is 19.1. The normalized spacial score (nSPS) is 31.7. The lowest BCUT2D eigenvalue weighted by Crippen LogP contribution is -2.60. The minimum Gasteiger partial charge on any atom is -0.479 e. The van der Waals surface area contributed by atoms with Gasteiger partial charge in [-0.3, -0.25) is 14.7 Å². The Morgan fingerprint density at radius 1 is 1.32 bits per heavy atom. The summed E-state index contributed by atoms with van der Waals surface area (Å²) in [6, 6.07) is -0.602. The van der Waals surface area contributed by atoms with Crippen molar-refractivity contribution in [3.63, 3.8) is 0 Å². The summed E-state index contributed by atoms with van der Waals surface area (Å²) < 4.78 is 17.4. The zero-order valence-corrected chi connectivity index (χ0v) is 10.6. The third-order valence-electron chi connectivity index (χ3n) is 2.77. The van der Waals surface area contributed by atoms with Gasteiger partial charge < -0.3 is 25.2 Å². The number of carbonyl (C=O) groups is 1. The number of carboxylic acid groups (broad SMARTS) is 1. The first-order valence-electron chi connectivity index (χ1n) is 5.82. The Kier molecular flexibility index (Phi) is 4.68. The van der Waals surface area contributed by atoms with Gasteiger partial charge in [-0.1, -0.05) is 0 Å². The van der Waals surface area contributed by atoms with Crippen LogP contribution in [0.3, 0.4) is 0 Å². The number of rotatable bonds is 4. The molecule has 0 aliphatic carbocycles. The Morgan fingerprint density at radius 2 is 2.00 bits per heavy atom. The maximum absolute atomic E-state index is 12.7. The number of aliphatic hydroxyl groups excluding tert-OH is 3. The fourth-order valence-electron chi connectivity index (χ4n) is 1.63. The van der Waals surface area contributed by atoms with Gasteiger partial charge in [0.05, 0.1) is 6.20 Å². The summed E-state index contributed by atoms with van der Waals surface area (Å²) in [5.41, 5.74) is -1.16. The number of aliphatic hydroxyl groups is 3. The van der Waals surface area contributed by atoms with E-state index in [4.69, 9.17) is 9.84 Å². The number of aliphatic carboxylic acids is 1. The van der Waals surface area contributed by atoms with Gasteiger partial charge in [-0.15, -0.1) is 4.89 Å². The third-order valence-corrected chi connectivity index (χ3v) is 2.77. The summed E-state index contributed by atoms with van der Waals surface area (Å²) in [5.74, 6) is -2.79. The Hall–Kier alpha value is -2.12. The summed E-state index contributed by atoms with van der Waals surface area (Å²) in [6.45, 7) is 0. The smallest absolute Gasteiger partial charge is 0.335 e. The van der Waals surface area contributed by atoms with E-state index in [-0.39, 0.29) is 0 Å². The van der Waals surface area contributed by atoms with Gasteiger partial charge in [0, 0.05) is 0 Å². The molecule has 2 heterocycles. The standard InChI is InChI=1S/C10H11FN2O9/c11-2-1-12-10(13-7(2)17)22-21-9-5(16)3(14)4(15)6(20-9)8(18)19/h1,3-6,9,14-16H,(H,18,19)(H,12,13,17)/t3-,4-,5+,6-,9-/m0/s1. The molecule has 0 aromatic carbocycles. The van der Waals surface area contributed by atoms with Crippen LogP contribution in [0.25, 0.3) is 0 Å². The summed E-state index contributed by atoms with van der Waals surface area (Å²) in [5, 5.41) is 37.4. The van der Waals surface area contributed by atoms with Crippen molar-refractivity contribution in [2.24, 2.45) is 0 Å². The van der Waals surface area contributed by atoms with Crippen molar-refractivity contribution in [1.29, 1.82) is 0 Å². The molecule has 5 N–H and O–H groups in total. The number of halogens is 1. The second-order valence-electron chi connectivity index (χ2n) is 4.28. The molecular weight excluding hydrogens is 311 g/mol. The van der Waals surface area contributed by atoms with Crippen LogP contribution in [0, 0.1) is 5.82 Å². The summed E-state index contributed by atoms with van der Waals surface area (Å²) in [7, 11) is 0. The molecule has 1 aliphatic rings. The Labute approximate surface area is 120 Å². The molecule has 0 bridgehead atoms. The number of nitrogens with one attached hydrogen (secondary N) is 1. The van der Waals surface area contributed by atoms with E-state index in [2.05, 4.69) is 14.8 Å². The van der Waals surface area contributed by atoms with E-state index >= 15 is 0 Å². The molecule has 1 fully saturated rings. The quantitative estimate of drug-likeness (QED) is 0.286. The van der Waals surface area contributed by atoms with E-state index in [1.807, 2.05) is 4.98 Å². The lowest BCUT2D eigenvalue weighted by atomic mass is 9.99. The number of aromatic nitrogens is 2. The number of H-pyrrole nitrogens is 1. The van der Waals surface area contributed by atoms with Crippen LogP contribution in [0.2, 0.25) is 0 Å². The Morgan fingerprint density at radius 3 is 2.59 bits per heavy atom. The molecule has 12 heteroatoms. The van der Waals surface area contributed by atoms with Crippen molar-refractivity contribution in [3.05, 3.63) is 22.4 Å². The van der Waals surface area contributed by atoms with Crippen molar-refractivity contribution in [2.75, 3.05) is 0 Å². The van der Waals surface area contributed by atoms with Gasteiger partial charge in [-0.2, -0.15) is 9.37 Å². The summed E-state index contributed by atoms with van der Waals surface area (Å²) >= 11 is 0. The second kappa shape index (κ2) is 6.33. The molecule has 11 nitrogen and oxygen atoms in total. The minimum atomic E-state index is -1.89. The minimum absolute atomic E-state index is 0.536. The molecule has 0 amide bonds. The molecule has 1 aliphatic heterocycles. The van der Waals surface area contributed by atoms with Crippen molar-refractivity contribution < 1.29 is 44.1 Å². The molecule has 1 aromatic heterocycles. The van der Waals surface area contributed by atoms with Crippen LogP contribution >= 0.6 is 0 Å². The van der Waals surface area contributed by atoms with Crippen LogP contribution in [0.5, 0.6) is 6.01 Å². The molecule has 122 valence electrons. The average Bonchev–Trinajstić information content (AvgIpc) is 2.47. The Bertz CT molecular complexity index is 608. The lowest BCUT2D eigenvalue weighted by Gasteiger charge is -2.37. The monoisotopic (exact) mass is 322 g/mol. The maximum Gasteiger partial charge on any atom is 0.335 e. The zero-order chi connectivity index (χ0) is 16.4. The van der Waals surface area contributed by atoms with E-state index in [0.717, 1.165) is 0 Å². The first-order valence-corrected chi connectivity index (χ1v) is 5.82. The molecule has 5 atom stereocenters. The first-order chi connectivity index (χ1) is 10.3. The van der Waals surface area contributed by atoms with Crippen LogP contribution < -0.4 is 10.4 Å². The molecule has 0 radical (unpaired) electrons. The fraction of sp³-hybridized carbons (Fsp3) is 0.500. The topological polar surface area (TPSA) is 171 Å². The molecular formula is C10H11FN2O9. The van der Waals surface area contributed by atoms with Crippen LogP contribution in [0.1, 0.15) is 0 Å². The number of nitrogens with zero attached hydrogens (tertiary/aromatic N) is 1. The van der Waals surface area contributed by atoms with Gasteiger partial charge in [0.2, 0.25) is 12.1 Å². The molecule has 0 saturated carbocycles. The average molecular weight is 322 g/mol. The van der Waals surface area contributed by atoms with Gasteiger partial charge >= 0.3 is 12.0 Å². The molecule has 2 rings (SSSR count). The predicted molar refractivity (Wildman–Crippen MR) is 60.8 cm³/mol. The molecule has 1 saturated heterocycles. The summed E-state index contributed by atoms with van der Waals surface area (Å²) in [6.07, 6.45) is -8.78. The van der Waals surface area contributed by atoms with Crippen LogP contribution in [0.4, 0.5) is 4.39 Å². The molecule has 22 heavy (non-hydrogen) atoms. The number of ether oxygens (including phenoxy) is 1. The van der Waals surface area contributed by atoms with Crippen LogP contribution in [-0.4, -0.2) is 67.1 Å². The van der Waals surface area contributed by atoms with E-state index < -0.39 is 54.1 Å². The fourth-order valence-corrected chi connectivity index (χ4v) is 1.63. The first kappa shape index (κ1) is 16.3. The number of carboxylic acids is 1. The number of aromatic amines is 1. The van der Waals surface area contributed by atoms with E-state index in [0.29, 0.717) is 6.20 Å². The highest BCUT2D eigenvalue weighted by Crippen LogP contribution is 2.22. The molecule has 0 spiro atoms. The van der Waals surface area contributed by atoms with E-state index in [1.54, 1.807) is 0 Å². The van der Waals surface area contributed by atoms with Crippen LogP contribution in [0.15, 0.2) is 11.0 Å². The van der Waals surface area contributed by atoms with Gasteiger partial charge in [-0.05, 0) is 0 Å². The van der Waals surface area contributed by atoms with Gasteiger partial charge in [0.1, 0.15) is 18.3 Å². The van der Waals surface area contributed by atoms with Crippen molar-refractivity contribution >= 4 is 5.97 Å². The molecule has 1 aromatic rings. The Balaban J connectivity index is 2.06. The van der Waals surface area contributed by atoms with Crippen molar-refractivity contribution in [1.82, 2.24) is 9.97 Å². The SMILES string of the molecule is O=C(O)[C@H]1O[C@@H](OOc2ncc(F)c(=O)[nH]2)[C@H](O)[C@@H](O)[C@@H]1O. The highest BCUT2D eigenvalue weighted by molar-refractivity contribution is 5.73. The van der Waals surface area contributed by atoms with Gasteiger partial charge in [0.25, 0.3) is 5.56 Å². The highest BCUT2D eigenvalue weighted by Gasteiger charge is 2.48. The zero-order valence-electron chi connectivity index (χ0n) is 10.6. The van der Waals surface area contributed by atoms with E-state index in [1.165, 1.54) is 0 Å². The van der Waals surface area contributed by atoms with Gasteiger partial charge in [0.15, 0.2) is 6.10 Å². The number of hydrogen-bond acceptors (Lipinski definition) is 9. The largest absolute Gasteiger partial charge is 0.479 e. The predicted octanol–water partition coefficient (Wildman–Crippen LogP) is -2.89.